The average Bonchev–Trinajstić information content (AvgIpc) is 2.38. The first kappa shape index (κ1) is 13.7. The molecule has 0 radical (unpaired) electrons. The minimum absolute atomic E-state index is 0.0872. The highest BCUT2D eigenvalue weighted by Crippen LogP contribution is 2.01. The van der Waals surface area contributed by atoms with Crippen molar-refractivity contribution in [3.8, 4) is 0 Å². The summed E-state index contributed by atoms with van der Waals surface area (Å²) in [6.45, 7) is 5.67. The molecule has 0 bridgehead atoms. The van der Waals surface area contributed by atoms with Gasteiger partial charge in [-0.25, -0.2) is 0 Å². The van der Waals surface area contributed by atoms with E-state index in [-0.39, 0.29) is 11.8 Å². The lowest BCUT2D eigenvalue weighted by molar-refractivity contribution is -0.124. The van der Waals surface area contributed by atoms with Crippen LogP contribution in [0.5, 0.6) is 0 Å². The smallest absolute Gasteiger partial charge is 0.222 e. The van der Waals surface area contributed by atoms with Crippen molar-refractivity contribution in [2.24, 2.45) is 5.92 Å². The Morgan fingerprint density at radius 2 is 2.06 bits per heavy atom. The second-order valence-corrected chi connectivity index (χ2v) is 4.14. The molecule has 3 heteroatoms. The standard InChI is InChI=1S/C14H21NO2/c1-3-12(2)14(16)15-9-10-17-11-13-7-5-4-6-8-13/h4-8,12H,3,9-11H2,1-2H3,(H,15,16)/t12-/m1/s1. The molecule has 1 aromatic carbocycles. The maximum absolute atomic E-state index is 11.4. The van der Waals surface area contributed by atoms with E-state index >= 15 is 0 Å². The fraction of sp³-hybridized carbons (Fsp3) is 0.500. The highest BCUT2D eigenvalue weighted by molar-refractivity contribution is 5.78. The Morgan fingerprint density at radius 3 is 2.71 bits per heavy atom. The van der Waals surface area contributed by atoms with E-state index in [1.807, 2.05) is 44.2 Å². The van der Waals surface area contributed by atoms with Crippen LogP contribution in [0.1, 0.15) is 25.8 Å². The second kappa shape index (κ2) is 7.85. The van der Waals surface area contributed by atoms with E-state index in [4.69, 9.17) is 4.74 Å². The third kappa shape index (κ3) is 5.50. The van der Waals surface area contributed by atoms with Crippen molar-refractivity contribution < 1.29 is 9.53 Å². The normalized spacial score (nSPS) is 12.1. The number of nitrogens with one attached hydrogen (secondary N) is 1. The van der Waals surface area contributed by atoms with Crippen LogP contribution in [0.2, 0.25) is 0 Å². The van der Waals surface area contributed by atoms with Gasteiger partial charge in [0.1, 0.15) is 0 Å². The Balaban J connectivity index is 2.07. The Hall–Kier alpha value is -1.35. The van der Waals surface area contributed by atoms with Gasteiger partial charge in [-0.2, -0.15) is 0 Å². The topological polar surface area (TPSA) is 38.3 Å². The zero-order valence-electron chi connectivity index (χ0n) is 10.6. The van der Waals surface area contributed by atoms with Crippen LogP contribution in [-0.4, -0.2) is 19.1 Å². The van der Waals surface area contributed by atoms with Crippen LogP contribution in [0.3, 0.4) is 0 Å². The number of amides is 1. The van der Waals surface area contributed by atoms with Crippen molar-refractivity contribution in [3.05, 3.63) is 35.9 Å². The van der Waals surface area contributed by atoms with Gasteiger partial charge in [-0.1, -0.05) is 44.2 Å². The van der Waals surface area contributed by atoms with Crippen molar-refractivity contribution in [3.63, 3.8) is 0 Å². The van der Waals surface area contributed by atoms with E-state index in [0.717, 1.165) is 12.0 Å². The first-order valence-corrected chi connectivity index (χ1v) is 6.13. The molecule has 1 N–H and O–H groups in total. The first-order chi connectivity index (χ1) is 8.24. The summed E-state index contributed by atoms with van der Waals surface area (Å²) in [6.07, 6.45) is 0.872. The van der Waals surface area contributed by atoms with Crippen molar-refractivity contribution in [2.75, 3.05) is 13.2 Å². The second-order valence-electron chi connectivity index (χ2n) is 4.14. The van der Waals surface area contributed by atoms with Crippen LogP contribution >= 0.6 is 0 Å². The minimum Gasteiger partial charge on any atom is -0.375 e. The molecule has 94 valence electrons. The number of ether oxygens (including phenoxy) is 1. The summed E-state index contributed by atoms with van der Waals surface area (Å²) in [5.41, 5.74) is 1.15. The van der Waals surface area contributed by atoms with Crippen LogP contribution < -0.4 is 5.32 Å². The molecule has 0 heterocycles. The summed E-state index contributed by atoms with van der Waals surface area (Å²) in [5.74, 6) is 0.194. The maximum Gasteiger partial charge on any atom is 0.222 e. The van der Waals surface area contributed by atoms with Gasteiger partial charge in [-0.15, -0.1) is 0 Å². The van der Waals surface area contributed by atoms with Crippen LogP contribution in [-0.2, 0) is 16.1 Å². The number of benzene rings is 1. The largest absolute Gasteiger partial charge is 0.375 e. The number of hydrogen-bond acceptors (Lipinski definition) is 2. The van der Waals surface area contributed by atoms with Crippen LogP contribution in [0.15, 0.2) is 30.3 Å². The molecule has 1 amide bonds. The zero-order chi connectivity index (χ0) is 12.5. The molecule has 0 saturated carbocycles. The molecule has 0 aliphatic heterocycles. The molecule has 1 atom stereocenters. The van der Waals surface area contributed by atoms with Crippen LogP contribution in [0.25, 0.3) is 0 Å². The summed E-state index contributed by atoms with van der Waals surface area (Å²) in [6, 6.07) is 10.0. The molecule has 3 nitrogen and oxygen atoms in total. The van der Waals surface area contributed by atoms with Gasteiger partial charge >= 0.3 is 0 Å². The molecule has 0 saturated heterocycles. The molecule has 0 fully saturated rings. The molecule has 1 rings (SSSR count). The van der Waals surface area contributed by atoms with Gasteiger partial charge in [0.2, 0.25) is 5.91 Å². The van der Waals surface area contributed by atoms with E-state index in [2.05, 4.69) is 5.32 Å². The molecular formula is C14H21NO2. The summed E-state index contributed by atoms with van der Waals surface area (Å²) >= 11 is 0. The molecule has 0 aliphatic carbocycles. The SMILES string of the molecule is CC[C@@H](C)C(=O)NCCOCc1ccccc1. The first-order valence-electron chi connectivity index (χ1n) is 6.13. The fourth-order valence-electron chi connectivity index (χ4n) is 1.37. The van der Waals surface area contributed by atoms with Gasteiger partial charge in [-0.3, -0.25) is 4.79 Å². The third-order valence-corrected chi connectivity index (χ3v) is 2.72. The van der Waals surface area contributed by atoms with E-state index in [1.165, 1.54) is 0 Å². The lowest BCUT2D eigenvalue weighted by atomic mass is 10.1. The molecule has 0 unspecified atom stereocenters. The zero-order valence-corrected chi connectivity index (χ0v) is 10.6. The van der Waals surface area contributed by atoms with Gasteiger partial charge in [0.25, 0.3) is 0 Å². The Bertz CT molecular complexity index is 324. The van der Waals surface area contributed by atoms with E-state index in [0.29, 0.717) is 19.8 Å². The number of carbonyl (C=O) groups is 1. The highest BCUT2D eigenvalue weighted by atomic mass is 16.5. The number of hydrogen-bond donors (Lipinski definition) is 1. The van der Waals surface area contributed by atoms with E-state index < -0.39 is 0 Å². The Kier molecular flexibility index (Phi) is 6.33. The molecule has 0 spiro atoms. The van der Waals surface area contributed by atoms with Crippen molar-refractivity contribution in [2.45, 2.75) is 26.9 Å². The summed E-state index contributed by atoms with van der Waals surface area (Å²) in [4.78, 5) is 11.4. The minimum atomic E-state index is 0.0872. The molecular weight excluding hydrogens is 214 g/mol. The van der Waals surface area contributed by atoms with Gasteiger partial charge in [0.15, 0.2) is 0 Å². The van der Waals surface area contributed by atoms with Crippen molar-refractivity contribution in [1.82, 2.24) is 5.32 Å². The Morgan fingerprint density at radius 1 is 1.35 bits per heavy atom. The highest BCUT2D eigenvalue weighted by Gasteiger charge is 2.08. The molecule has 0 aromatic heterocycles. The number of carbonyl (C=O) groups excluding carboxylic acids is 1. The summed E-state index contributed by atoms with van der Waals surface area (Å²) < 4.78 is 5.47. The Labute approximate surface area is 103 Å². The van der Waals surface area contributed by atoms with Gasteiger partial charge in [0.05, 0.1) is 13.2 Å². The average molecular weight is 235 g/mol. The third-order valence-electron chi connectivity index (χ3n) is 2.72. The molecule has 1 aromatic rings. The van der Waals surface area contributed by atoms with Crippen molar-refractivity contribution >= 4 is 5.91 Å². The van der Waals surface area contributed by atoms with E-state index in [1.54, 1.807) is 0 Å². The van der Waals surface area contributed by atoms with Gasteiger partial charge in [0, 0.05) is 12.5 Å². The predicted octanol–water partition coefficient (Wildman–Crippen LogP) is 2.37. The fourth-order valence-corrected chi connectivity index (χ4v) is 1.37. The quantitative estimate of drug-likeness (QED) is 0.737. The summed E-state index contributed by atoms with van der Waals surface area (Å²) in [7, 11) is 0. The van der Waals surface area contributed by atoms with E-state index in [9.17, 15) is 4.79 Å². The van der Waals surface area contributed by atoms with Crippen molar-refractivity contribution in [1.29, 1.82) is 0 Å². The van der Waals surface area contributed by atoms with Gasteiger partial charge in [-0.05, 0) is 12.0 Å². The maximum atomic E-state index is 11.4. The molecule has 0 aliphatic rings. The lowest BCUT2D eigenvalue weighted by Crippen LogP contribution is -2.31. The van der Waals surface area contributed by atoms with Crippen LogP contribution in [0, 0.1) is 5.92 Å². The van der Waals surface area contributed by atoms with Gasteiger partial charge < -0.3 is 10.1 Å². The molecule has 17 heavy (non-hydrogen) atoms. The van der Waals surface area contributed by atoms with Crippen LogP contribution in [0.4, 0.5) is 0 Å². The monoisotopic (exact) mass is 235 g/mol. The predicted molar refractivity (Wildman–Crippen MR) is 68.6 cm³/mol. The summed E-state index contributed by atoms with van der Waals surface area (Å²) in [5, 5.41) is 2.86. The lowest BCUT2D eigenvalue weighted by Gasteiger charge is -2.10. The number of rotatable bonds is 7.